The molecule has 1 amide bonds. The molecule has 0 bridgehead atoms. The summed E-state index contributed by atoms with van der Waals surface area (Å²) in [7, 11) is 0. The van der Waals surface area contributed by atoms with Gasteiger partial charge < -0.3 is 15.3 Å². The van der Waals surface area contributed by atoms with E-state index >= 15 is 0 Å². The molecule has 1 saturated heterocycles. The van der Waals surface area contributed by atoms with E-state index in [0.717, 1.165) is 38.8 Å². The highest BCUT2D eigenvalue weighted by Gasteiger charge is 2.56. The lowest BCUT2D eigenvalue weighted by atomic mass is 9.79. The van der Waals surface area contributed by atoms with Crippen molar-refractivity contribution in [2.24, 2.45) is 23.7 Å². The highest BCUT2D eigenvalue weighted by Crippen LogP contribution is 2.51. The Hall–Kier alpha value is -2.06. The molecule has 0 radical (unpaired) electrons. The van der Waals surface area contributed by atoms with Gasteiger partial charge >= 0.3 is 0 Å². The molecule has 2 aliphatic carbocycles. The predicted octanol–water partition coefficient (Wildman–Crippen LogP) is 1.84. The van der Waals surface area contributed by atoms with Crippen LogP contribution in [-0.4, -0.2) is 35.5 Å². The Morgan fingerprint density at radius 1 is 1.24 bits per heavy atom. The fourth-order valence-corrected chi connectivity index (χ4v) is 4.97. The monoisotopic (exact) mass is 339 g/mol. The lowest BCUT2D eigenvalue weighted by Crippen LogP contribution is -2.49. The van der Waals surface area contributed by atoms with Gasteiger partial charge in [0.05, 0.1) is 0 Å². The largest absolute Gasteiger partial charge is 0.375 e. The number of hydrogen-bond donors (Lipinski definition) is 2. The predicted molar refractivity (Wildman–Crippen MR) is 93.0 cm³/mol. The van der Waals surface area contributed by atoms with E-state index in [-0.39, 0.29) is 11.8 Å². The molecule has 3 unspecified atom stereocenters. The molecule has 1 aromatic rings. The summed E-state index contributed by atoms with van der Waals surface area (Å²) < 4.78 is 0. The second-order valence-electron chi connectivity index (χ2n) is 7.82. The Morgan fingerprint density at radius 2 is 1.88 bits per heavy atom. The first kappa shape index (κ1) is 16.4. The number of nitriles is 1. The second-order valence-corrected chi connectivity index (χ2v) is 7.82. The molecule has 3 atom stereocenters. The molecule has 0 spiro atoms. The lowest BCUT2D eigenvalue weighted by molar-refractivity contribution is -0.147. The van der Waals surface area contributed by atoms with E-state index in [1.165, 1.54) is 0 Å². The molecule has 3 fully saturated rings. The minimum atomic E-state index is -1.43. The Morgan fingerprint density at radius 3 is 2.48 bits per heavy atom. The standard InChI is InChI=1S/C20H25N3O2/c21-13-23-11-17-16(18(17)12-23)10-22-19(24)20(25,15-8-4-5-9-15)14-6-2-1-3-7-14/h1-3,6-7,15-18,25H,4-5,8-12H2,(H,22,24). The van der Waals surface area contributed by atoms with Gasteiger partial charge in [-0.1, -0.05) is 43.2 Å². The van der Waals surface area contributed by atoms with Gasteiger partial charge in [0, 0.05) is 25.6 Å². The summed E-state index contributed by atoms with van der Waals surface area (Å²) in [5, 5.41) is 23.4. The van der Waals surface area contributed by atoms with Crippen LogP contribution in [0.2, 0.25) is 0 Å². The van der Waals surface area contributed by atoms with Crippen molar-refractivity contribution in [3.05, 3.63) is 35.9 Å². The minimum Gasteiger partial charge on any atom is -0.375 e. The molecule has 2 N–H and O–H groups in total. The zero-order chi connectivity index (χ0) is 17.4. The van der Waals surface area contributed by atoms with Crippen LogP contribution in [0.1, 0.15) is 31.2 Å². The molecular weight excluding hydrogens is 314 g/mol. The number of benzene rings is 1. The van der Waals surface area contributed by atoms with Gasteiger partial charge in [-0.3, -0.25) is 4.79 Å². The number of aliphatic hydroxyl groups is 1. The maximum atomic E-state index is 13.0. The number of fused-ring (bicyclic) bond motifs is 1. The molecule has 5 nitrogen and oxygen atoms in total. The van der Waals surface area contributed by atoms with Crippen LogP contribution in [0.3, 0.4) is 0 Å². The van der Waals surface area contributed by atoms with Gasteiger partial charge in [0.2, 0.25) is 0 Å². The average Bonchev–Trinajstić information content (AvgIpc) is 3.09. The van der Waals surface area contributed by atoms with E-state index in [2.05, 4.69) is 11.5 Å². The summed E-state index contributed by atoms with van der Waals surface area (Å²) in [6.45, 7) is 2.23. The summed E-state index contributed by atoms with van der Waals surface area (Å²) in [6, 6.07) is 9.38. The number of hydrogen-bond acceptors (Lipinski definition) is 4. The molecule has 5 heteroatoms. The van der Waals surface area contributed by atoms with Gasteiger partial charge in [-0.25, -0.2) is 0 Å². The first-order valence-corrected chi connectivity index (χ1v) is 9.35. The summed E-state index contributed by atoms with van der Waals surface area (Å²) in [6.07, 6.45) is 6.13. The number of likely N-dealkylation sites (tertiary alicyclic amines) is 1. The summed E-state index contributed by atoms with van der Waals surface area (Å²) >= 11 is 0. The first-order chi connectivity index (χ1) is 12.1. The van der Waals surface area contributed by atoms with Crippen molar-refractivity contribution in [1.82, 2.24) is 10.2 Å². The third kappa shape index (κ3) is 2.79. The molecule has 132 valence electrons. The van der Waals surface area contributed by atoms with Crippen LogP contribution >= 0.6 is 0 Å². The van der Waals surface area contributed by atoms with Crippen molar-refractivity contribution in [2.45, 2.75) is 31.3 Å². The molecule has 1 aliphatic heterocycles. The van der Waals surface area contributed by atoms with Crippen LogP contribution in [0.15, 0.2) is 30.3 Å². The maximum absolute atomic E-state index is 13.0. The highest BCUT2D eigenvalue weighted by molar-refractivity contribution is 5.86. The Labute approximate surface area is 148 Å². The van der Waals surface area contributed by atoms with Crippen molar-refractivity contribution in [2.75, 3.05) is 19.6 Å². The first-order valence-electron chi connectivity index (χ1n) is 9.35. The van der Waals surface area contributed by atoms with Gasteiger partial charge in [-0.15, -0.1) is 0 Å². The van der Waals surface area contributed by atoms with E-state index in [1.54, 1.807) is 4.90 Å². The third-order valence-corrected chi connectivity index (χ3v) is 6.52. The van der Waals surface area contributed by atoms with E-state index in [4.69, 9.17) is 5.26 Å². The molecule has 3 aliphatic rings. The Bertz CT molecular complexity index is 668. The van der Waals surface area contributed by atoms with Gasteiger partial charge in [0.1, 0.15) is 0 Å². The van der Waals surface area contributed by atoms with Crippen molar-refractivity contribution in [3.8, 4) is 6.19 Å². The number of piperidine rings is 1. The SMILES string of the molecule is N#CN1CC2C(CNC(=O)C(O)(c3ccccc3)C3CCCC3)C2C1. The number of nitrogens with zero attached hydrogens (tertiary/aromatic N) is 2. The topological polar surface area (TPSA) is 76.4 Å². The average molecular weight is 339 g/mol. The second kappa shape index (κ2) is 6.34. The Kier molecular flexibility index (Phi) is 4.16. The lowest BCUT2D eigenvalue weighted by Gasteiger charge is -2.33. The maximum Gasteiger partial charge on any atom is 0.256 e. The van der Waals surface area contributed by atoms with Crippen LogP contribution in [0.25, 0.3) is 0 Å². The summed E-state index contributed by atoms with van der Waals surface area (Å²) in [5.74, 6) is 1.24. The minimum absolute atomic E-state index is 0.0114. The normalized spacial score (nSPS) is 30.4. The third-order valence-electron chi connectivity index (χ3n) is 6.52. The molecule has 25 heavy (non-hydrogen) atoms. The molecular formula is C20H25N3O2. The van der Waals surface area contributed by atoms with Crippen LogP contribution < -0.4 is 5.32 Å². The number of rotatable bonds is 5. The van der Waals surface area contributed by atoms with Gasteiger partial charge in [0.25, 0.3) is 5.91 Å². The van der Waals surface area contributed by atoms with Crippen LogP contribution in [0.4, 0.5) is 0 Å². The number of nitrogens with one attached hydrogen (secondary N) is 1. The van der Waals surface area contributed by atoms with Gasteiger partial charge in [-0.2, -0.15) is 5.26 Å². The zero-order valence-corrected chi connectivity index (χ0v) is 14.4. The smallest absolute Gasteiger partial charge is 0.256 e. The zero-order valence-electron chi connectivity index (χ0n) is 14.4. The van der Waals surface area contributed by atoms with Crippen LogP contribution in [0.5, 0.6) is 0 Å². The molecule has 1 heterocycles. The summed E-state index contributed by atoms with van der Waals surface area (Å²) in [4.78, 5) is 14.8. The van der Waals surface area contributed by atoms with Crippen molar-refractivity contribution in [3.63, 3.8) is 0 Å². The molecule has 2 saturated carbocycles. The molecule has 0 aromatic heterocycles. The van der Waals surface area contributed by atoms with E-state index in [1.807, 2.05) is 30.3 Å². The molecule has 4 rings (SSSR count). The fraction of sp³-hybridized carbons (Fsp3) is 0.600. The number of carbonyl (C=O) groups is 1. The summed E-state index contributed by atoms with van der Waals surface area (Å²) in [5.41, 5.74) is -0.730. The van der Waals surface area contributed by atoms with E-state index in [9.17, 15) is 9.90 Å². The van der Waals surface area contributed by atoms with E-state index < -0.39 is 5.60 Å². The van der Waals surface area contributed by atoms with Gasteiger partial charge in [0.15, 0.2) is 11.8 Å². The van der Waals surface area contributed by atoms with Crippen LogP contribution in [-0.2, 0) is 10.4 Å². The fourth-order valence-electron chi connectivity index (χ4n) is 4.97. The van der Waals surface area contributed by atoms with Gasteiger partial charge in [-0.05, 0) is 36.2 Å². The Balaban J connectivity index is 1.43. The number of carbonyl (C=O) groups excluding carboxylic acids is 1. The molecule has 1 aromatic carbocycles. The number of amides is 1. The van der Waals surface area contributed by atoms with E-state index in [0.29, 0.717) is 29.9 Å². The highest BCUT2D eigenvalue weighted by atomic mass is 16.3. The van der Waals surface area contributed by atoms with Crippen LogP contribution in [0, 0.1) is 35.1 Å². The van der Waals surface area contributed by atoms with Crippen molar-refractivity contribution in [1.29, 1.82) is 5.26 Å². The van der Waals surface area contributed by atoms with Crippen molar-refractivity contribution >= 4 is 5.91 Å². The van der Waals surface area contributed by atoms with Crippen molar-refractivity contribution < 1.29 is 9.90 Å². The quantitative estimate of drug-likeness (QED) is 0.803.